The quantitative estimate of drug-likeness (QED) is 0.815. The molecule has 20 heavy (non-hydrogen) atoms. The van der Waals surface area contributed by atoms with Gasteiger partial charge in [-0.1, -0.05) is 6.07 Å². The number of halogens is 4. The second kappa shape index (κ2) is 5.97. The predicted molar refractivity (Wildman–Crippen MR) is 73.9 cm³/mol. The molecule has 0 heterocycles. The summed E-state index contributed by atoms with van der Waals surface area (Å²) < 4.78 is 40.8. The summed E-state index contributed by atoms with van der Waals surface area (Å²) in [6.07, 6.45) is -1.44. The van der Waals surface area contributed by atoms with E-state index >= 15 is 0 Å². The molecular weight excluding hydrogens is 333 g/mol. The molecule has 2 aromatic rings. The minimum atomic E-state index is -1.18. The largest absolute Gasteiger partial charge is 0.388 e. The van der Waals surface area contributed by atoms with Gasteiger partial charge in [0.1, 0.15) is 17.5 Å². The second-order valence-electron chi connectivity index (χ2n) is 4.60. The van der Waals surface area contributed by atoms with E-state index < -0.39 is 23.6 Å². The number of benzene rings is 2. The Balaban J connectivity index is 2.32. The van der Waals surface area contributed by atoms with Crippen molar-refractivity contribution in [2.45, 2.75) is 19.4 Å². The van der Waals surface area contributed by atoms with Crippen molar-refractivity contribution in [3.8, 4) is 0 Å². The van der Waals surface area contributed by atoms with E-state index in [2.05, 4.69) is 15.9 Å². The highest BCUT2D eigenvalue weighted by molar-refractivity contribution is 9.10. The monoisotopic (exact) mass is 344 g/mol. The highest BCUT2D eigenvalue weighted by Crippen LogP contribution is 2.27. The van der Waals surface area contributed by atoms with E-state index in [0.29, 0.717) is 11.1 Å². The van der Waals surface area contributed by atoms with Crippen LogP contribution in [0.15, 0.2) is 34.8 Å². The molecule has 1 N–H and O–H groups in total. The third-order valence-corrected chi connectivity index (χ3v) is 3.60. The van der Waals surface area contributed by atoms with Crippen molar-refractivity contribution in [3.05, 3.63) is 68.9 Å². The molecule has 1 nitrogen and oxygen atoms in total. The maximum absolute atomic E-state index is 13.8. The van der Waals surface area contributed by atoms with Gasteiger partial charge in [-0.3, -0.25) is 0 Å². The summed E-state index contributed by atoms with van der Waals surface area (Å²) in [5.74, 6) is -1.98. The molecule has 1 atom stereocenters. The van der Waals surface area contributed by atoms with Crippen molar-refractivity contribution in [3.63, 3.8) is 0 Å². The zero-order valence-corrected chi connectivity index (χ0v) is 12.2. The van der Waals surface area contributed by atoms with Gasteiger partial charge < -0.3 is 5.11 Å². The van der Waals surface area contributed by atoms with Gasteiger partial charge in [-0.15, -0.1) is 0 Å². The van der Waals surface area contributed by atoms with Crippen molar-refractivity contribution in [1.82, 2.24) is 0 Å². The molecule has 0 aliphatic rings. The molecule has 0 fully saturated rings. The van der Waals surface area contributed by atoms with Crippen LogP contribution in [-0.2, 0) is 6.42 Å². The van der Waals surface area contributed by atoms with Crippen molar-refractivity contribution >= 4 is 15.9 Å². The fourth-order valence-electron chi connectivity index (χ4n) is 2.02. The van der Waals surface area contributed by atoms with E-state index in [4.69, 9.17) is 0 Å². The Bertz CT molecular complexity index is 623. The Kier molecular flexibility index (Phi) is 4.50. The summed E-state index contributed by atoms with van der Waals surface area (Å²) in [6.45, 7) is 1.68. The van der Waals surface area contributed by atoms with Crippen LogP contribution < -0.4 is 0 Å². The molecule has 0 saturated heterocycles. The van der Waals surface area contributed by atoms with Gasteiger partial charge in [0.05, 0.1) is 10.6 Å². The zero-order chi connectivity index (χ0) is 14.9. The molecule has 0 radical (unpaired) electrons. The van der Waals surface area contributed by atoms with Gasteiger partial charge >= 0.3 is 0 Å². The fourth-order valence-corrected chi connectivity index (χ4v) is 2.40. The lowest BCUT2D eigenvalue weighted by Gasteiger charge is -2.14. The van der Waals surface area contributed by atoms with E-state index in [1.165, 1.54) is 12.1 Å². The van der Waals surface area contributed by atoms with Crippen LogP contribution in [0.3, 0.4) is 0 Å². The summed E-state index contributed by atoms with van der Waals surface area (Å²) >= 11 is 2.97. The predicted octanol–water partition coefficient (Wildman–Crippen LogP) is 4.45. The first-order valence-electron chi connectivity index (χ1n) is 5.96. The number of aliphatic hydroxyl groups is 1. The summed E-state index contributed by atoms with van der Waals surface area (Å²) in [5, 5.41) is 10.0. The third kappa shape index (κ3) is 3.22. The fraction of sp³-hybridized carbons (Fsp3) is 0.200. The van der Waals surface area contributed by atoms with Gasteiger partial charge in [-0.25, -0.2) is 13.2 Å². The molecule has 1 unspecified atom stereocenters. The number of aliphatic hydroxyl groups excluding tert-OH is 1. The van der Waals surface area contributed by atoms with Crippen LogP contribution in [0.5, 0.6) is 0 Å². The maximum Gasteiger partial charge on any atom is 0.143 e. The van der Waals surface area contributed by atoms with Crippen LogP contribution in [0.25, 0.3) is 0 Å². The van der Waals surface area contributed by atoms with E-state index in [9.17, 15) is 18.3 Å². The molecule has 0 spiro atoms. The van der Waals surface area contributed by atoms with Crippen LogP contribution in [0.4, 0.5) is 13.2 Å². The number of rotatable bonds is 3. The molecule has 0 aliphatic heterocycles. The maximum atomic E-state index is 13.8. The standard InChI is InChI=1S/C15H12BrF3O/c1-8-4-9(6-10(17)5-8)14(20)7-11-13(18)3-2-12(16)15(11)19/h2-6,14,20H,7H2,1H3. The van der Waals surface area contributed by atoms with Crippen molar-refractivity contribution in [2.75, 3.05) is 0 Å². The summed E-state index contributed by atoms with van der Waals surface area (Å²) in [4.78, 5) is 0. The van der Waals surface area contributed by atoms with E-state index in [0.717, 1.165) is 12.1 Å². The van der Waals surface area contributed by atoms with E-state index in [-0.39, 0.29) is 16.5 Å². The lowest BCUT2D eigenvalue weighted by atomic mass is 9.99. The normalized spacial score (nSPS) is 12.5. The molecule has 5 heteroatoms. The van der Waals surface area contributed by atoms with Crippen molar-refractivity contribution < 1.29 is 18.3 Å². The average molecular weight is 345 g/mol. The highest BCUT2D eigenvalue weighted by Gasteiger charge is 2.18. The van der Waals surface area contributed by atoms with Gasteiger partial charge in [-0.2, -0.15) is 0 Å². The molecule has 2 aromatic carbocycles. The lowest BCUT2D eigenvalue weighted by molar-refractivity contribution is 0.175. The lowest BCUT2D eigenvalue weighted by Crippen LogP contribution is -2.07. The first-order chi connectivity index (χ1) is 9.38. The Morgan fingerprint density at radius 2 is 1.85 bits per heavy atom. The SMILES string of the molecule is Cc1cc(F)cc(C(O)Cc2c(F)ccc(Br)c2F)c1. The molecule has 0 aliphatic carbocycles. The Labute approximate surface area is 123 Å². The van der Waals surface area contributed by atoms with Crippen LogP contribution >= 0.6 is 15.9 Å². The molecule has 0 aromatic heterocycles. The van der Waals surface area contributed by atoms with Gasteiger partial charge in [0, 0.05) is 12.0 Å². The third-order valence-electron chi connectivity index (χ3n) is 2.99. The number of aryl methyl sites for hydroxylation is 1. The Morgan fingerprint density at radius 1 is 1.15 bits per heavy atom. The number of hydrogen-bond donors (Lipinski definition) is 1. The zero-order valence-electron chi connectivity index (χ0n) is 10.6. The van der Waals surface area contributed by atoms with Gasteiger partial charge in [0.15, 0.2) is 0 Å². The van der Waals surface area contributed by atoms with Crippen molar-refractivity contribution in [2.24, 2.45) is 0 Å². The van der Waals surface area contributed by atoms with Crippen LogP contribution in [0.2, 0.25) is 0 Å². The van der Waals surface area contributed by atoms with Crippen LogP contribution in [-0.4, -0.2) is 5.11 Å². The van der Waals surface area contributed by atoms with Gasteiger partial charge in [-0.05, 0) is 58.2 Å². The van der Waals surface area contributed by atoms with Crippen LogP contribution in [0, 0.1) is 24.4 Å². The summed E-state index contributed by atoms with van der Waals surface area (Å²) in [7, 11) is 0. The summed E-state index contributed by atoms with van der Waals surface area (Å²) in [6, 6.07) is 6.43. The average Bonchev–Trinajstić information content (AvgIpc) is 2.38. The minimum absolute atomic E-state index is 0.122. The summed E-state index contributed by atoms with van der Waals surface area (Å²) in [5.41, 5.74) is 0.698. The molecule has 106 valence electrons. The molecule has 0 bridgehead atoms. The Hall–Kier alpha value is -1.33. The second-order valence-corrected chi connectivity index (χ2v) is 5.46. The number of hydrogen-bond acceptors (Lipinski definition) is 1. The smallest absolute Gasteiger partial charge is 0.143 e. The Morgan fingerprint density at radius 3 is 2.50 bits per heavy atom. The molecule has 0 amide bonds. The first-order valence-corrected chi connectivity index (χ1v) is 6.75. The van der Waals surface area contributed by atoms with Gasteiger partial charge in [0.25, 0.3) is 0 Å². The minimum Gasteiger partial charge on any atom is -0.388 e. The van der Waals surface area contributed by atoms with E-state index in [1.54, 1.807) is 13.0 Å². The molecule has 0 saturated carbocycles. The topological polar surface area (TPSA) is 20.2 Å². The highest BCUT2D eigenvalue weighted by atomic mass is 79.9. The van der Waals surface area contributed by atoms with Crippen molar-refractivity contribution in [1.29, 1.82) is 0 Å². The molecule has 2 rings (SSSR count). The van der Waals surface area contributed by atoms with E-state index in [1.807, 2.05) is 0 Å². The van der Waals surface area contributed by atoms with Gasteiger partial charge in [0.2, 0.25) is 0 Å². The van der Waals surface area contributed by atoms with Crippen LogP contribution in [0.1, 0.15) is 22.8 Å². The first kappa shape index (κ1) is 15.1. The molecular formula is C15H12BrF3O.